The maximum absolute atomic E-state index is 6.30. The second kappa shape index (κ2) is 9.18. The minimum Gasteiger partial charge on any atom is -0.495 e. The van der Waals surface area contributed by atoms with Crippen LogP contribution in [-0.2, 0) is 13.1 Å². The number of aromatic nitrogens is 7. The summed E-state index contributed by atoms with van der Waals surface area (Å²) >= 11 is 6.30. The van der Waals surface area contributed by atoms with Gasteiger partial charge >= 0.3 is 0 Å². The Hall–Kier alpha value is -4.25. The van der Waals surface area contributed by atoms with E-state index in [1.54, 1.807) is 43.6 Å². The van der Waals surface area contributed by atoms with Gasteiger partial charge in [0.25, 0.3) is 0 Å². The molecule has 0 aliphatic rings. The van der Waals surface area contributed by atoms with E-state index in [-0.39, 0.29) is 0 Å². The van der Waals surface area contributed by atoms with Crippen LogP contribution in [0.15, 0.2) is 48.1 Å². The minimum absolute atomic E-state index is 0.335. The Morgan fingerprint density at radius 2 is 2.06 bits per heavy atom. The Morgan fingerprint density at radius 3 is 2.80 bits per heavy atom. The number of rotatable bonds is 7. The van der Waals surface area contributed by atoms with Gasteiger partial charge in [-0.25, -0.2) is 14.6 Å². The van der Waals surface area contributed by atoms with Crippen molar-refractivity contribution in [1.82, 2.24) is 34.5 Å². The van der Waals surface area contributed by atoms with E-state index in [0.717, 1.165) is 27.4 Å². The number of nitrogens with zero attached hydrogens (tertiary/aromatic N) is 8. The summed E-state index contributed by atoms with van der Waals surface area (Å²) in [6, 6.07) is 5.64. The van der Waals surface area contributed by atoms with Crippen LogP contribution in [0.25, 0.3) is 27.6 Å². The molecular formula is C23H23ClN10O. The number of aryl methyl sites for hydroxylation is 1. The molecule has 0 aliphatic heterocycles. The van der Waals surface area contributed by atoms with Gasteiger partial charge in [0.15, 0.2) is 17.3 Å². The summed E-state index contributed by atoms with van der Waals surface area (Å²) in [7, 11) is 3.21. The van der Waals surface area contributed by atoms with E-state index in [4.69, 9.17) is 22.1 Å². The quantitative estimate of drug-likeness (QED) is 0.262. The number of amidine groups is 1. The Balaban J connectivity index is 1.62. The van der Waals surface area contributed by atoms with Crippen LogP contribution in [-0.4, -0.2) is 54.5 Å². The maximum Gasteiger partial charge on any atom is 0.170 e. The number of fused-ring (bicyclic) bond motifs is 3. The molecule has 0 radical (unpaired) electrons. The molecule has 35 heavy (non-hydrogen) atoms. The van der Waals surface area contributed by atoms with Gasteiger partial charge < -0.3 is 15.8 Å². The van der Waals surface area contributed by atoms with Crippen molar-refractivity contribution < 1.29 is 4.74 Å². The van der Waals surface area contributed by atoms with E-state index >= 15 is 0 Å². The topological polar surface area (TPSA) is 134 Å². The zero-order valence-electron chi connectivity index (χ0n) is 19.4. The number of benzene rings is 1. The molecular weight excluding hydrogens is 468 g/mol. The van der Waals surface area contributed by atoms with E-state index in [0.29, 0.717) is 47.0 Å². The van der Waals surface area contributed by atoms with Crippen LogP contribution in [0.5, 0.6) is 5.75 Å². The van der Waals surface area contributed by atoms with E-state index in [9.17, 15) is 0 Å². The van der Waals surface area contributed by atoms with Crippen LogP contribution in [0.1, 0.15) is 18.2 Å². The highest BCUT2D eigenvalue weighted by Gasteiger charge is 2.18. The third-order valence-electron chi connectivity index (χ3n) is 5.69. The molecule has 11 nitrogen and oxygen atoms in total. The van der Waals surface area contributed by atoms with Crippen LogP contribution in [0, 0.1) is 0 Å². The van der Waals surface area contributed by atoms with E-state index in [2.05, 4.69) is 35.6 Å². The van der Waals surface area contributed by atoms with Crippen LogP contribution >= 0.6 is 11.6 Å². The molecule has 0 saturated heterocycles. The molecule has 4 aromatic heterocycles. The van der Waals surface area contributed by atoms with Gasteiger partial charge in [0.2, 0.25) is 0 Å². The minimum atomic E-state index is 0.335. The molecule has 5 aromatic rings. The molecule has 0 bridgehead atoms. The number of ether oxygens (including phenoxy) is 1. The molecule has 0 unspecified atom stereocenters. The van der Waals surface area contributed by atoms with E-state index < -0.39 is 0 Å². The Morgan fingerprint density at radius 1 is 1.20 bits per heavy atom. The third-order valence-corrected chi connectivity index (χ3v) is 5.99. The third kappa shape index (κ3) is 3.99. The van der Waals surface area contributed by atoms with E-state index in [1.165, 1.54) is 0 Å². The summed E-state index contributed by atoms with van der Waals surface area (Å²) in [5.74, 6) is 2.13. The average Bonchev–Trinajstić information content (AvgIpc) is 3.54. The van der Waals surface area contributed by atoms with Gasteiger partial charge in [-0.1, -0.05) is 17.7 Å². The van der Waals surface area contributed by atoms with Gasteiger partial charge in [-0.2, -0.15) is 5.10 Å². The normalized spacial score (nSPS) is 11.9. The maximum atomic E-state index is 6.30. The van der Waals surface area contributed by atoms with Crippen LogP contribution < -0.4 is 15.8 Å². The fourth-order valence-electron chi connectivity index (χ4n) is 3.89. The molecule has 1 aromatic carbocycles. The molecule has 0 spiro atoms. The van der Waals surface area contributed by atoms with Gasteiger partial charge in [-0.3, -0.25) is 9.56 Å². The number of aliphatic imine (C=N–C) groups is 1. The monoisotopic (exact) mass is 490 g/mol. The summed E-state index contributed by atoms with van der Waals surface area (Å²) < 4.78 is 8.85. The summed E-state index contributed by atoms with van der Waals surface area (Å²) in [5, 5.41) is 19.9. The first-order valence-electron chi connectivity index (χ1n) is 10.9. The smallest absolute Gasteiger partial charge is 0.170 e. The second-order valence-corrected chi connectivity index (χ2v) is 8.12. The lowest BCUT2D eigenvalue weighted by Gasteiger charge is -2.13. The van der Waals surface area contributed by atoms with Crippen molar-refractivity contribution in [2.75, 3.05) is 19.5 Å². The van der Waals surface area contributed by atoms with Crippen molar-refractivity contribution in [2.24, 2.45) is 10.7 Å². The molecule has 4 heterocycles. The van der Waals surface area contributed by atoms with Crippen LogP contribution in [0.2, 0.25) is 5.02 Å². The van der Waals surface area contributed by atoms with Gasteiger partial charge in [0.1, 0.15) is 23.6 Å². The number of imidazole rings is 1. The predicted molar refractivity (Wildman–Crippen MR) is 135 cm³/mol. The number of nitrogens with two attached hydrogens (primary N) is 1. The molecule has 0 saturated carbocycles. The summed E-state index contributed by atoms with van der Waals surface area (Å²) in [6.07, 6.45) is 6.97. The van der Waals surface area contributed by atoms with Gasteiger partial charge in [-0.15, -0.1) is 10.2 Å². The van der Waals surface area contributed by atoms with E-state index in [1.807, 2.05) is 29.8 Å². The van der Waals surface area contributed by atoms with Crippen molar-refractivity contribution >= 4 is 45.1 Å². The van der Waals surface area contributed by atoms with Crippen molar-refractivity contribution in [2.45, 2.75) is 20.0 Å². The molecule has 0 fully saturated rings. The lowest BCUT2D eigenvalue weighted by molar-refractivity contribution is 0.415. The number of halogens is 1. The Labute approximate surface area is 205 Å². The first-order valence-corrected chi connectivity index (χ1v) is 11.3. The molecule has 0 amide bonds. The highest BCUT2D eigenvalue weighted by atomic mass is 35.5. The Kier molecular flexibility index (Phi) is 5.91. The number of anilines is 1. The lowest BCUT2D eigenvalue weighted by atomic mass is 10.1. The largest absolute Gasteiger partial charge is 0.495 e. The highest BCUT2D eigenvalue weighted by Crippen LogP contribution is 2.32. The number of hydrogen-bond acceptors (Lipinski definition) is 8. The molecule has 3 N–H and O–H groups in total. The summed E-state index contributed by atoms with van der Waals surface area (Å²) in [5.41, 5.74) is 8.21. The first-order chi connectivity index (χ1) is 17.0. The zero-order valence-corrected chi connectivity index (χ0v) is 20.2. The molecule has 0 aliphatic carbocycles. The first kappa shape index (κ1) is 22.5. The van der Waals surface area contributed by atoms with Crippen molar-refractivity contribution in [3.63, 3.8) is 0 Å². The summed E-state index contributed by atoms with van der Waals surface area (Å²) in [6.45, 7) is 3.20. The standard InChI is InChI=1S/C23H23ClN10O/c1-4-34-22-15(10-30-34)19-14(9-28-22)23(33-11-17(29-12-33)20(25)26-2)32-31-21(19)27-8-13-5-6-18(35-3)16(24)7-13/h5-7,9-12H,4,8H2,1-3H3,(H2,25,26)(H,27,31). The Bertz CT molecular complexity index is 1570. The van der Waals surface area contributed by atoms with Gasteiger partial charge in [0, 0.05) is 43.3 Å². The number of methoxy groups -OCH3 is 1. The van der Waals surface area contributed by atoms with Crippen molar-refractivity contribution in [1.29, 1.82) is 0 Å². The fourth-order valence-corrected chi connectivity index (χ4v) is 4.17. The highest BCUT2D eigenvalue weighted by molar-refractivity contribution is 6.32. The molecule has 5 rings (SSSR count). The summed E-state index contributed by atoms with van der Waals surface area (Å²) in [4.78, 5) is 13.0. The molecule has 0 atom stereocenters. The van der Waals surface area contributed by atoms with Crippen LogP contribution in [0.4, 0.5) is 5.82 Å². The molecule has 178 valence electrons. The fraction of sp³-hybridized carbons (Fsp3) is 0.217. The SMILES string of the molecule is CCn1ncc2c3c(NCc4ccc(OC)c(Cl)c4)nnc(-n4cnc(C(N)=NC)c4)c3cnc21. The average molecular weight is 491 g/mol. The second-order valence-electron chi connectivity index (χ2n) is 7.71. The van der Waals surface area contributed by atoms with Crippen molar-refractivity contribution in [3.05, 3.63) is 59.4 Å². The lowest BCUT2D eigenvalue weighted by Crippen LogP contribution is -2.13. The van der Waals surface area contributed by atoms with Gasteiger partial charge in [0.05, 0.1) is 23.7 Å². The van der Waals surface area contributed by atoms with Gasteiger partial charge in [-0.05, 0) is 24.6 Å². The predicted octanol–water partition coefficient (Wildman–Crippen LogP) is 3.19. The number of pyridine rings is 1. The van der Waals surface area contributed by atoms with Crippen molar-refractivity contribution in [3.8, 4) is 11.6 Å². The number of hydrogen-bond donors (Lipinski definition) is 2. The molecule has 12 heteroatoms. The van der Waals surface area contributed by atoms with Crippen LogP contribution in [0.3, 0.4) is 0 Å². The number of nitrogens with one attached hydrogen (secondary N) is 1. The zero-order chi connectivity index (χ0) is 24.5.